The molecule has 2 atom stereocenters. The summed E-state index contributed by atoms with van der Waals surface area (Å²) in [5.74, 6) is 1.08. The fourth-order valence-electron chi connectivity index (χ4n) is 3.17. The maximum absolute atomic E-state index is 11.0. The monoisotopic (exact) mass is 420 g/mol. The number of ether oxygens (including phenoxy) is 3. The Kier molecular flexibility index (Phi) is 6.68. The Hall–Kier alpha value is -3.52. The molecule has 0 fully saturated rings. The van der Waals surface area contributed by atoms with Crippen molar-refractivity contribution in [3.63, 3.8) is 0 Å². The third-order valence-corrected chi connectivity index (χ3v) is 4.73. The van der Waals surface area contributed by atoms with Crippen LogP contribution in [0.3, 0.4) is 0 Å². The van der Waals surface area contributed by atoms with Crippen LogP contribution in [0.25, 0.3) is 0 Å². The van der Waals surface area contributed by atoms with Crippen LogP contribution in [-0.2, 0) is 27.3 Å². The maximum Gasteiger partial charge on any atom is 0.302 e. The van der Waals surface area contributed by atoms with E-state index in [1.54, 1.807) is 0 Å². The van der Waals surface area contributed by atoms with Gasteiger partial charge in [-0.1, -0.05) is 54.6 Å². The minimum atomic E-state index is -0.374. The van der Waals surface area contributed by atoms with Gasteiger partial charge in [0.05, 0.1) is 0 Å². The molecule has 3 aromatic rings. The van der Waals surface area contributed by atoms with E-state index in [2.05, 4.69) is 15.4 Å². The van der Waals surface area contributed by atoms with Gasteiger partial charge in [0.15, 0.2) is 12.1 Å². The molecule has 1 aromatic heterocycles. The van der Waals surface area contributed by atoms with Gasteiger partial charge < -0.3 is 14.2 Å². The summed E-state index contributed by atoms with van der Waals surface area (Å²) < 4.78 is 16.7. The number of rotatable bonds is 8. The zero-order valence-electron chi connectivity index (χ0n) is 17.3. The summed E-state index contributed by atoms with van der Waals surface area (Å²) in [7, 11) is 0. The Bertz CT molecular complexity index is 1020. The first kappa shape index (κ1) is 20.7. The van der Waals surface area contributed by atoms with Crippen LogP contribution in [0.5, 0.6) is 5.75 Å². The van der Waals surface area contributed by atoms with Crippen molar-refractivity contribution < 1.29 is 19.0 Å². The molecule has 4 rings (SSSR count). The van der Waals surface area contributed by atoms with Crippen molar-refractivity contribution in [1.82, 2.24) is 20.2 Å². The molecular formula is C23H24N4O4. The van der Waals surface area contributed by atoms with Crippen molar-refractivity contribution in [2.75, 3.05) is 6.61 Å². The average Bonchev–Trinajstić information content (AvgIpc) is 3.27. The molecule has 0 bridgehead atoms. The summed E-state index contributed by atoms with van der Waals surface area (Å²) in [6, 6.07) is 17.9. The summed E-state index contributed by atoms with van der Waals surface area (Å²) in [5.41, 5.74) is 2.19. The highest BCUT2D eigenvalue weighted by Crippen LogP contribution is 2.21. The number of hydrogen-bond acceptors (Lipinski definition) is 7. The topological polar surface area (TPSA) is 88.4 Å². The van der Waals surface area contributed by atoms with Gasteiger partial charge in [-0.3, -0.25) is 4.79 Å². The van der Waals surface area contributed by atoms with Crippen molar-refractivity contribution in [2.45, 2.75) is 38.7 Å². The molecule has 31 heavy (non-hydrogen) atoms. The smallest absolute Gasteiger partial charge is 0.302 e. The minimum absolute atomic E-state index is 0.169. The molecule has 0 radical (unpaired) electrons. The van der Waals surface area contributed by atoms with E-state index in [0.717, 1.165) is 16.9 Å². The van der Waals surface area contributed by atoms with Gasteiger partial charge in [-0.15, -0.1) is 15.0 Å². The first-order chi connectivity index (χ1) is 15.2. The fraction of sp³-hybridized carbons (Fsp3) is 0.304. The van der Waals surface area contributed by atoms with E-state index < -0.39 is 0 Å². The maximum atomic E-state index is 11.0. The Balaban J connectivity index is 1.30. The molecule has 160 valence electrons. The molecule has 0 saturated heterocycles. The predicted octanol–water partition coefficient (Wildman–Crippen LogP) is 3.25. The second-order valence-corrected chi connectivity index (χ2v) is 7.22. The molecule has 0 saturated carbocycles. The standard InChI is InChI=1S/C23H24N4O4/c1-17(28)29-16-21-8-5-9-23(31-21)27-25-22(24-26-27)14-18-10-12-20(13-11-18)30-15-19-6-3-2-4-7-19/h2-8,10-13,21,23H,9,14-16H2,1H3. The lowest BCUT2D eigenvalue weighted by Crippen LogP contribution is -2.28. The second kappa shape index (κ2) is 9.99. The average molecular weight is 420 g/mol. The summed E-state index contributed by atoms with van der Waals surface area (Å²) in [5, 5.41) is 12.7. The number of carbonyl (C=O) groups excluding carboxylic acids is 1. The molecular weight excluding hydrogens is 396 g/mol. The number of nitrogens with zero attached hydrogens (tertiary/aromatic N) is 4. The Labute approximate surface area is 180 Å². The molecule has 0 spiro atoms. The van der Waals surface area contributed by atoms with E-state index in [0.29, 0.717) is 25.3 Å². The van der Waals surface area contributed by atoms with Crippen LogP contribution in [0.15, 0.2) is 66.7 Å². The van der Waals surface area contributed by atoms with Crippen LogP contribution in [0.4, 0.5) is 0 Å². The second-order valence-electron chi connectivity index (χ2n) is 7.22. The van der Waals surface area contributed by atoms with Crippen LogP contribution in [0.2, 0.25) is 0 Å². The van der Waals surface area contributed by atoms with Gasteiger partial charge in [0.2, 0.25) is 0 Å². The van der Waals surface area contributed by atoms with Crippen LogP contribution in [0.1, 0.15) is 36.5 Å². The third-order valence-electron chi connectivity index (χ3n) is 4.73. The Morgan fingerprint density at radius 3 is 2.71 bits per heavy atom. The van der Waals surface area contributed by atoms with E-state index in [9.17, 15) is 4.79 Å². The molecule has 0 aliphatic carbocycles. The normalized spacial score (nSPS) is 18.0. The minimum Gasteiger partial charge on any atom is -0.489 e. The summed E-state index contributed by atoms with van der Waals surface area (Å²) in [6.45, 7) is 2.07. The Morgan fingerprint density at radius 2 is 1.94 bits per heavy atom. The molecule has 2 aromatic carbocycles. The van der Waals surface area contributed by atoms with Crippen molar-refractivity contribution in [2.24, 2.45) is 0 Å². The highest BCUT2D eigenvalue weighted by Gasteiger charge is 2.23. The van der Waals surface area contributed by atoms with Gasteiger partial charge in [-0.2, -0.15) is 0 Å². The van der Waals surface area contributed by atoms with Crippen LogP contribution in [-0.4, -0.2) is 38.9 Å². The third kappa shape index (κ3) is 5.99. The van der Waals surface area contributed by atoms with Gasteiger partial charge >= 0.3 is 5.97 Å². The molecule has 1 aliphatic rings. The van der Waals surface area contributed by atoms with Gasteiger partial charge in [0.25, 0.3) is 0 Å². The number of esters is 1. The van der Waals surface area contributed by atoms with Crippen LogP contribution < -0.4 is 4.74 Å². The van der Waals surface area contributed by atoms with Crippen molar-refractivity contribution in [1.29, 1.82) is 0 Å². The highest BCUT2D eigenvalue weighted by molar-refractivity contribution is 5.65. The number of carbonyl (C=O) groups is 1. The lowest BCUT2D eigenvalue weighted by atomic mass is 10.1. The van der Waals surface area contributed by atoms with E-state index in [1.165, 1.54) is 11.7 Å². The Morgan fingerprint density at radius 1 is 1.13 bits per heavy atom. The molecule has 8 nitrogen and oxygen atoms in total. The zero-order valence-corrected chi connectivity index (χ0v) is 17.3. The molecule has 0 amide bonds. The predicted molar refractivity (Wildman–Crippen MR) is 112 cm³/mol. The van der Waals surface area contributed by atoms with Crippen LogP contribution >= 0.6 is 0 Å². The molecule has 2 heterocycles. The van der Waals surface area contributed by atoms with Crippen molar-refractivity contribution >= 4 is 5.97 Å². The quantitative estimate of drug-likeness (QED) is 0.408. The number of benzene rings is 2. The van der Waals surface area contributed by atoms with Crippen molar-refractivity contribution in [3.8, 4) is 5.75 Å². The van der Waals surface area contributed by atoms with E-state index in [4.69, 9.17) is 14.2 Å². The van der Waals surface area contributed by atoms with Crippen LogP contribution in [0, 0.1) is 0 Å². The summed E-state index contributed by atoms with van der Waals surface area (Å²) >= 11 is 0. The summed E-state index contributed by atoms with van der Waals surface area (Å²) in [4.78, 5) is 12.5. The first-order valence-corrected chi connectivity index (χ1v) is 10.2. The lowest BCUT2D eigenvalue weighted by Gasteiger charge is -2.24. The molecule has 8 heteroatoms. The largest absolute Gasteiger partial charge is 0.489 e. The van der Waals surface area contributed by atoms with Crippen molar-refractivity contribution in [3.05, 3.63) is 83.7 Å². The zero-order chi connectivity index (χ0) is 21.5. The van der Waals surface area contributed by atoms with Gasteiger partial charge in [0.1, 0.15) is 25.1 Å². The SMILES string of the molecule is CC(=O)OCC1C=CCC(n2nnc(Cc3ccc(OCc4ccccc4)cc3)n2)O1. The van der Waals surface area contributed by atoms with E-state index in [1.807, 2.05) is 66.7 Å². The molecule has 1 aliphatic heterocycles. The fourth-order valence-corrected chi connectivity index (χ4v) is 3.17. The molecule has 0 N–H and O–H groups in total. The summed E-state index contributed by atoms with van der Waals surface area (Å²) in [6.07, 6.45) is 4.33. The van der Waals surface area contributed by atoms with Gasteiger partial charge in [-0.25, -0.2) is 0 Å². The van der Waals surface area contributed by atoms with E-state index >= 15 is 0 Å². The lowest BCUT2D eigenvalue weighted by molar-refractivity contribution is -0.148. The van der Waals surface area contributed by atoms with E-state index in [-0.39, 0.29) is 24.9 Å². The van der Waals surface area contributed by atoms with Gasteiger partial charge in [0, 0.05) is 19.8 Å². The highest BCUT2D eigenvalue weighted by atomic mass is 16.6. The van der Waals surface area contributed by atoms with Gasteiger partial charge in [-0.05, 0) is 28.5 Å². The number of tetrazole rings is 1. The number of aromatic nitrogens is 4. The number of hydrogen-bond donors (Lipinski definition) is 0. The molecule has 2 unspecified atom stereocenters. The first-order valence-electron chi connectivity index (χ1n) is 10.2.